The van der Waals surface area contributed by atoms with Crippen molar-refractivity contribution in [3.63, 3.8) is 0 Å². The highest BCUT2D eigenvalue weighted by Crippen LogP contribution is 2.33. The number of pyridine rings is 1. The monoisotopic (exact) mass is 256 g/mol. The predicted molar refractivity (Wildman–Crippen MR) is 51.4 cm³/mol. The van der Waals surface area contributed by atoms with E-state index >= 15 is 0 Å². The number of nitrogens with zero attached hydrogens (tertiary/aromatic N) is 1. The summed E-state index contributed by atoms with van der Waals surface area (Å²) < 4.78 is 47.0. The molecule has 8 heteroatoms. The molecule has 0 bridgehead atoms. The van der Waals surface area contributed by atoms with Crippen LogP contribution in [0, 0.1) is 6.92 Å². The number of aromatic nitrogens is 1. The molecule has 0 fully saturated rings. The molecule has 0 saturated heterocycles. The molecular weight excluding hydrogens is 250 g/mol. The molecule has 0 saturated carbocycles. The molecule has 15 heavy (non-hydrogen) atoms. The Labute approximate surface area is 89.5 Å². The van der Waals surface area contributed by atoms with E-state index in [2.05, 4.69) is 4.98 Å². The van der Waals surface area contributed by atoms with Gasteiger partial charge in [-0.3, -0.25) is 4.98 Å². The first-order chi connectivity index (χ1) is 6.75. The average Bonchev–Trinajstić information content (AvgIpc) is 2.06. The van der Waals surface area contributed by atoms with Crippen LogP contribution < -0.4 is 5.73 Å². The van der Waals surface area contributed by atoms with E-state index in [1.807, 2.05) is 0 Å². The third kappa shape index (κ3) is 2.35. The van der Waals surface area contributed by atoms with Gasteiger partial charge in [0.25, 0.3) is 15.5 Å². The number of aryl methyl sites for hydroxylation is 1. The highest BCUT2D eigenvalue weighted by Gasteiger charge is 2.26. The summed E-state index contributed by atoms with van der Waals surface area (Å²) in [4.78, 5) is 2.79. The summed E-state index contributed by atoms with van der Waals surface area (Å²) in [5.74, 6) is 0. The van der Waals surface area contributed by atoms with Gasteiger partial charge in [-0.15, -0.1) is 0 Å². The van der Waals surface area contributed by atoms with Crippen LogP contribution in [0.3, 0.4) is 0 Å². The number of halogens is 3. The Morgan fingerprint density at radius 2 is 2.07 bits per heavy atom. The minimum absolute atomic E-state index is 0.138. The van der Waals surface area contributed by atoms with Crippen molar-refractivity contribution >= 4 is 25.4 Å². The summed E-state index contributed by atoms with van der Waals surface area (Å²) in [6, 6.07) is 0. The smallest absolute Gasteiger partial charge is 0.266 e. The van der Waals surface area contributed by atoms with Gasteiger partial charge >= 0.3 is 0 Å². The van der Waals surface area contributed by atoms with Crippen LogP contribution in [0.4, 0.5) is 14.5 Å². The molecule has 2 N–H and O–H groups in total. The lowest BCUT2D eigenvalue weighted by Gasteiger charge is -2.09. The fourth-order valence-electron chi connectivity index (χ4n) is 1.04. The van der Waals surface area contributed by atoms with Gasteiger partial charge in [-0.1, -0.05) is 0 Å². The Bertz CT molecular complexity index is 490. The SMILES string of the molecule is Cc1ncc(C(F)F)c(S(=O)(=O)Cl)c1N. The molecule has 0 aliphatic heterocycles. The zero-order valence-corrected chi connectivity index (χ0v) is 9.11. The Balaban J connectivity index is 3.65. The molecule has 0 aliphatic rings. The van der Waals surface area contributed by atoms with E-state index in [0.29, 0.717) is 0 Å². The standard InChI is InChI=1S/C7H7ClF2N2O2S/c1-3-5(11)6(15(8,13)14)4(2-12-3)7(9)10/h2,7H,11H2,1H3. The van der Waals surface area contributed by atoms with Crippen LogP contribution in [0.2, 0.25) is 0 Å². The zero-order valence-electron chi connectivity index (χ0n) is 7.54. The molecule has 4 nitrogen and oxygen atoms in total. The van der Waals surface area contributed by atoms with Gasteiger partial charge in [0, 0.05) is 16.9 Å². The molecule has 0 atom stereocenters. The van der Waals surface area contributed by atoms with Crippen LogP contribution in [-0.4, -0.2) is 13.4 Å². The maximum atomic E-state index is 12.5. The maximum Gasteiger partial charge on any atom is 0.266 e. The number of nitrogens with two attached hydrogens (primary N) is 1. The maximum absolute atomic E-state index is 12.5. The molecule has 0 spiro atoms. The van der Waals surface area contributed by atoms with Crippen molar-refractivity contribution < 1.29 is 17.2 Å². The van der Waals surface area contributed by atoms with Crippen molar-refractivity contribution in [3.8, 4) is 0 Å². The van der Waals surface area contributed by atoms with Gasteiger partial charge in [0.05, 0.1) is 16.9 Å². The van der Waals surface area contributed by atoms with Crippen molar-refractivity contribution in [3.05, 3.63) is 17.5 Å². The first-order valence-electron chi connectivity index (χ1n) is 3.73. The van der Waals surface area contributed by atoms with Crippen molar-refractivity contribution in [2.45, 2.75) is 18.2 Å². The van der Waals surface area contributed by atoms with E-state index in [-0.39, 0.29) is 11.4 Å². The second-order valence-electron chi connectivity index (χ2n) is 2.78. The van der Waals surface area contributed by atoms with Gasteiger partial charge in [0.1, 0.15) is 4.90 Å². The quantitative estimate of drug-likeness (QED) is 0.820. The fraction of sp³-hybridized carbons (Fsp3) is 0.286. The van der Waals surface area contributed by atoms with Crippen LogP contribution in [0.25, 0.3) is 0 Å². The lowest BCUT2D eigenvalue weighted by Crippen LogP contribution is -2.07. The predicted octanol–water partition coefficient (Wildman–Crippen LogP) is 1.84. The Morgan fingerprint density at radius 3 is 2.47 bits per heavy atom. The molecular formula is C7H7ClF2N2O2S. The molecule has 0 amide bonds. The van der Waals surface area contributed by atoms with E-state index in [9.17, 15) is 17.2 Å². The molecule has 1 aromatic heterocycles. The van der Waals surface area contributed by atoms with E-state index in [1.165, 1.54) is 6.92 Å². The molecule has 1 heterocycles. The summed E-state index contributed by atoms with van der Waals surface area (Å²) in [5, 5.41) is 0. The summed E-state index contributed by atoms with van der Waals surface area (Å²) in [6.07, 6.45) is -2.24. The van der Waals surface area contributed by atoms with Crippen molar-refractivity contribution in [2.24, 2.45) is 0 Å². The Morgan fingerprint density at radius 1 is 1.53 bits per heavy atom. The first kappa shape index (κ1) is 12.1. The van der Waals surface area contributed by atoms with Gasteiger partial charge in [-0.05, 0) is 6.92 Å². The topological polar surface area (TPSA) is 73.0 Å². The number of hydrogen-bond donors (Lipinski definition) is 1. The largest absolute Gasteiger partial charge is 0.396 e. The highest BCUT2D eigenvalue weighted by atomic mass is 35.7. The number of alkyl halides is 2. The third-order valence-electron chi connectivity index (χ3n) is 1.77. The second-order valence-corrected chi connectivity index (χ2v) is 5.28. The van der Waals surface area contributed by atoms with Crippen LogP contribution in [-0.2, 0) is 9.05 Å². The Kier molecular flexibility index (Phi) is 3.15. The highest BCUT2D eigenvalue weighted by molar-refractivity contribution is 8.13. The fourth-order valence-corrected chi connectivity index (χ4v) is 2.39. The lowest BCUT2D eigenvalue weighted by atomic mass is 10.2. The van der Waals surface area contributed by atoms with Crippen LogP contribution in [0.1, 0.15) is 17.7 Å². The van der Waals surface area contributed by atoms with Crippen molar-refractivity contribution in [1.29, 1.82) is 0 Å². The van der Waals surface area contributed by atoms with Crippen molar-refractivity contribution in [1.82, 2.24) is 4.98 Å². The normalized spacial score (nSPS) is 12.1. The number of nitrogen functional groups attached to an aromatic ring is 1. The van der Waals surface area contributed by atoms with Gasteiger partial charge in [-0.25, -0.2) is 17.2 Å². The summed E-state index contributed by atoms with van der Waals surface area (Å²) in [7, 11) is 0.712. The van der Waals surface area contributed by atoms with Gasteiger partial charge in [-0.2, -0.15) is 0 Å². The molecule has 84 valence electrons. The molecule has 0 aromatic carbocycles. The minimum Gasteiger partial charge on any atom is -0.396 e. The second kappa shape index (κ2) is 3.90. The summed E-state index contributed by atoms with van der Waals surface area (Å²) in [6.45, 7) is 1.40. The van der Waals surface area contributed by atoms with E-state index in [4.69, 9.17) is 16.4 Å². The summed E-state index contributed by atoms with van der Waals surface area (Å²) >= 11 is 0. The van der Waals surface area contributed by atoms with Gasteiger partial charge in [0.15, 0.2) is 0 Å². The van der Waals surface area contributed by atoms with Gasteiger partial charge < -0.3 is 5.73 Å². The van der Waals surface area contributed by atoms with E-state index < -0.39 is 25.9 Å². The first-order valence-corrected chi connectivity index (χ1v) is 6.04. The van der Waals surface area contributed by atoms with E-state index in [0.717, 1.165) is 6.20 Å². The molecule has 0 unspecified atom stereocenters. The van der Waals surface area contributed by atoms with E-state index in [1.54, 1.807) is 0 Å². The van der Waals surface area contributed by atoms with Crippen molar-refractivity contribution in [2.75, 3.05) is 5.73 Å². The number of rotatable bonds is 2. The van der Waals surface area contributed by atoms with Gasteiger partial charge in [0.2, 0.25) is 0 Å². The zero-order chi connectivity index (χ0) is 11.8. The van der Waals surface area contributed by atoms with Crippen LogP contribution in [0.5, 0.6) is 0 Å². The van der Waals surface area contributed by atoms with Crippen LogP contribution in [0.15, 0.2) is 11.1 Å². The summed E-state index contributed by atoms with van der Waals surface area (Å²) in [5.41, 5.74) is 4.36. The lowest BCUT2D eigenvalue weighted by molar-refractivity contribution is 0.147. The number of anilines is 1. The molecule has 1 rings (SSSR count). The molecule has 0 aliphatic carbocycles. The van der Waals surface area contributed by atoms with Crippen LogP contribution >= 0.6 is 10.7 Å². The molecule has 1 aromatic rings. The number of hydrogen-bond acceptors (Lipinski definition) is 4. The molecule has 0 radical (unpaired) electrons. The average molecular weight is 257 g/mol. The third-order valence-corrected chi connectivity index (χ3v) is 3.18. The minimum atomic E-state index is -4.30. The Hall–Kier alpha value is -0.950.